The van der Waals surface area contributed by atoms with Crippen molar-refractivity contribution in [3.8, 4) is 0 Å². The zero-order valence-electron chi connectivity index (χ0n) is 10.6. The second kappa shape index (κ2) is 6.61. The average Bonchev–Trinajstić information content (AvgIpc) is 2.27. The molecule has 1 amide bonds. The predicted octanol–water partition coefficient (Wildman–Crippen LogP) is 2.06. The van der Waals surface area contributed by atoms with Crippen molar-refractivity contribution in [2.24, 2.45) is 5.92 Å². The van der Waals surface area contributed by atoms with E-state index < -0.39 is 0 Å². The van der Waals surface area contributed by atoms with Gasteiger partial charge in [-0.15, -0.1) is 0 Å². The number of aliphatic hydroxyl groups is 1. The van der Waals surface area contributed by atoms with Crippen molar-refractivity contribution in [3.05, 3.63) is 28.8 Å². The number of carbonyl (C=O) groups excluding carboxylic acids is 1. The molecule has 1 unspecified atom stereocenters. The first-order valence-electron chi connectivity index (χ1n) is 5.90. The van der Waals surface area contributed by atoms with Gasteiger partial charge in [0.25, 0.3) is 5.91 Å². The Balaban J connectivity index is 2.74. The van der Waals surface area contributed by atoms with E-state index in [-0.39, 0.29) is 18.6 Å². The van der Waals surface area contributed by atoms with E-state index in [0.29, 0.717) is 22.2 Å². The van der Waals surface area contributed by atoms with Gasteiger partial charge in [0, 0.05) is 10.7 Å². The van der Waals surface area contributed by atoms with Crippen molar-refractivity contribution >= 4 is 23.2 Å². The summed E-state index contributed by atoms with van der Waals surface area (Å²) in [4.78, 5) is 12.0. The van der Waals surface area contributed by atoms with Gasteiger partial charge in [-0.05, 0) is 30.5 Å². The normalized spacial score (nSPS) is 12.5. The number of benzene rings is 1. The van der Waals surface area contributed by atoms with Crippen LogP contribution >= 0.6 is 11.6 Å². The molecule has 1 aromatic rings. The zero-order valence-corrected chi connectivity index (χ0v) is 11.4. The molecule has 0 fully saturated rings. The molecule has 0 heterocycles. The molecule has 0 saturated carbocycles. The summed E-state index contributed by atoms with van der Waals surface area (Å²) in [5.74, 6) is 0.105. The Morgan fingerprint density at radius 3 is 2.67 bits per heavy atom. The summed E-state index contributed by atoms with van der Waals surface area (Å²) in [5, 5.41) is 12.5. The van der Waals surface area contributed by atoms with E-state index >= 15 is 0 Å². The lowest BCUT2D eigenvalue weighted by molar-refractivity contribution is 0.0909. The van der Waals surface area contributed by atoms with Gasteiger partial charge in [-0.3, -0.25) is 4.79 Å². The summed E-state index contributed by atoms with van der Waals surface area (Å²) < 4.78 is 0. The summed E-state index contributed by atoms with van der Waals surface area (Å²) in [6.07, 6.45) is 0.718. The fraction of sp³-hybridized carbons (Fsp3) is 0.462. The smallest absolute Gasteiger partial charge is 0.253 e. The maximum absolute atomic E-state index is 12.0. The predicted molar refractivity (Wildman–Crippen MR) is 73.7 cm³/mol. The van der Waals surface area contributed by atoms with E-state index in [0.717, 1.165) is 6.42 Å². The molecule has 0 aliphatic heterocycles. The Morgan fingerprint density at radius 2 is 2.17 bits per heavy atom. The Hall–Kier alpha value is -1.26. The van der Waals surface area contributed by atoms with Crippen LogP contribution in [0.2, 0.25) is 5.02 Å². The number of carbonyl (C=O) groups is 1. The minimum Gasteiger partial charge on any atom is -0.398 e. The van der Waals surface area contributed by atoms with Gasteiger partial charge in [-0.25, -0.2) is 0 Å². The molecule has 1 rings (SSSR count). The van der Waals surface area contributed by atoms with E-state index in [1.165, 1.54) is 6.07 Å². The average molecular weight is 271 g/mol. The second-order valence-corrected chi connectivity index (χ2v) is 5.15. The van der Waals surface area contributed by atoms with E-state index in [2.05, 4.69) is 5.32 Å². The Kier molecular flexibility index (Phi) is 5.44. The van der Waals surface area contributed by atoms with Crippen LogP contribution in [0.4, 0.5) is 5.69 Å². The quantitative estimate of drug-likeness (QED) is 0.717. The van der Waals surface area contributed by atoms with Crippen LogP contribution in [0.15, 0.2) is 18.2 Å². The van der Waals surface area contributed by atoms with Crippen molar-refractivity contribution in [1.29, 1.82) is 0 Å². The van der Waals surface area contributed by atoms with Crippen molar-refractivity contribution in [2.75, 3.05) is 12.3 Å². The number of nitrogens with one attached hydrogen (secondary N) is 1. The first-order valence-corrected chi connectivity index (χ1v) is 6.28. The number of anilines is 1. The highest BCUT2D eigenvalue weighted by Gasteiger charge is 2.16. The van der Waals surface area contributed by atoms with Gasteiger partial charge in [0.05, 0.1) is 18.2 Å². The van der Waals surface area contributed by atoms with Crippen molar-refractivity contribution in [2.45, 2.75) is 26.3 Å². The monoisotopic (exact) mass is 270 g/mol. The van der Waals surface area contributed by atoms with E-state index in [1.54, 1.807) is 12.1 Å². The van der Waals surface area contributed by atoms with Crippen LogP contribution in [-0.2, 0) is 0 Å². The molecule has 5 heteroatoms. The third kappa shape index (κ3) is 4.20. The molecule has 0 saturated heterocycles. The van der Waals surface area contributed by atoms with E-state index in [1.807, 2.05) is 13.8 Å². The second-order valence-electron chi connectivity index (χ2n) is 4.71. The molecule has 1 atom stereocenters. The van der Waals surface area contributed by atoms with Gasteiger partial charge in [0.1, 0.15) is 0 Å². The molecule has 0 aliphatic carbocycles. The molecule has 100 valence electrons. The number of halogens is 1. The SMILES string of the molecule is CC(C)CC(CO)NC(=O)c1ccc(Cl)cc1N. The van der Waals surface area contributed by atoms with Crippen LogP contribution in [-0.4, -0.2) is 23.7 Å². The number of hydrogen-bond acceptors (Lipinski definition) is 3. The van der Waals surface area contributed by atoms with Crippen LogP contribution in [0.1, 0.15) is 30.6 Å². The maximum atomic E-state index is 12.0. The number of amides is 1. The molecule has 0 aliphatic rings. The molecule has 4 N–H and O–H groups in total. The summed E-state index contributed by atoms with van der Waals surface area (Å²) >= 11 is 5.77. The minimum absolute atomic E-state index is 0.0859. The fourth-order valence-corrected chi connectivity index (χ4v) is 1.93. The highest BCUT2D eigenvalue weighted by atomic mass is 35.5. The Bertz CT molecular complexity index is 421. The topological polar surface area (TPSA) is 75.3 Å². The third-order valence-electron chi connectivity index (χ3n) is 2.57. The number of hydrogen-bond donors (Lipinski definition) is 3. The van der Waals surface area contributed by atoms with Gasteiger partial charge >= 0.3 is 0 Å². The van der Waals surface area contributed by atoms with Crippen LogP contribution in [0.3, 0.4) is 0 Å². The van der Waals surface area contributed by atoms with Crippen LogP contribution in [0.25, 0.3) is 0 Å². The summed E-state index contributed by atoms with van der Waals surface area (Å²) in [6.45, 7) is 3.98. The van der Waals surface area contributed by atoms with E-state index in [9.17, 15) is 9.90 Å². The highest BCUT2D eigenvalue weighted by molar-refractivity contribution is 6.31. The fourth-order valence-electron chi connectivity index (χ4n) is 1.75. The summed E-state index contributed by atoms with van der Waals surface area (Å²) in [5.41, 5.74) is 6.44. The number of rotatable bonds is 5. The molecular weight excluding hydrogens is 252 g/mol. The van der Waals surface area contributed by atoms with Crippen molar-refractivity contribution in [1.82, 2.24) is 5.32 Å². The van der Waals surface area contributed by atoms with Gasteiger partial charge in [0.2, 0.25) is 0 Å². The lowest BCUT2D eigenvalue weighted by Gasteiger charge is -2.18. The van der Waals surface area contributed by atoms with Crippen molar-refractivity contribution in [3.63, 3.8) is 0 Å². The van der Waals surface area contributed by atoms with E-state index in [4.69, 9.17) is 17.3 Å². The molecule has 0 aromatic heterocycles. The summed E-state index contributed by atoms with van der Waals surface area (Å²) in [6, 6.07) is 4.47. The van der Waals surface area contributed by atoms with Crippen LogP contribution < -0.4 is 11.1 Å². The summed E-state index contributed by atoms with van der Waals surface area (Å²) in [7, 11) is 0. The van der Waals surface area contributed by atoms with Crippen molar-refractivity contribution < 1.29 is 9.90 Å². The number of nitrogens with two attached hydrogens (primary N) is 1. The Labute approximate surface area is 112 Å². The highest BCUT2D eigenvalue weighted by Crippen LogP contribution is 2.18. The molecule has 1 aromatic carbocycles. The van der Waals surface area contributed by atoms with Gasteiger partial charge in [-0.2, -0.15) is 0 Å². The standard InChI is InChI=1S/C13H19ClN2O2/c1-8(2)5-10(7-17)16-13(18)11-4-3-9(14)6-12(11)15/h3-4,6,8,10,17H,5,7,15H2,1-2H3,(H,16,18). The van der Waals surface area contributed by atoms with Gasteiger partial charge in [-0.1, -0.05) is 25.4 Å². The van der Waals surface area contributed by atoms with Gasteiger partial charge in [0.15, 0.2) is 0 Å². The maximum Gasteiger partial charge on any atom is 0.253 e. The molecule has 18 heavy (non-hydrogen) atoms. The van der Waals surface area contributed by atoms with Crippen LogP contribution in [0.5, 0.6) is 0 Å². The van der Waals surface area contributed by atoms with Crippen LogP contribution in [0, 0.1) is 5.92 Å². The van der Waals surface area contributed by atoms with Gasteiger partial charge < -0.3 is 16.2 Å². The molecule has 0 spiro atoms. The molecule has 4 nitrogen and oxygen atoms in total. The molecular formula is C13H19ClN2O2. The zero-order chi connectivity index (χ0) is 13.7. The number of nitrogen functional groups attached to an aromatic ring is 1. The molecule has 0 radical (unpaired) electrons. The third-order valence-corrected chi connectivity index (χ3v) is 2.80. The minimum atomic E-state index is -0.288. The molecule has 0 bridgehead atoms. The first kappa shape index (κ1) is 14.8. The lowest BCUT2D eigenvalue weighted by Crippen LogP contribution is -2.38. The Morgan fingerprint density at radius 1 is 1.50 bits per heavy atom. The largest absolute Gasteiger partial charge is 0.398 e. The first-order chi connectivity index (χ1) is 8.43. The lowest BCUT2D eigenvalue weighted by atomic mass is 10.0. The number of aliphatic hydroxyl groups excluding tert-OH is 1.